The van der Waals surface area contributed by atoms with E-state index in [1.165, 1.54) is 12.1 Å². The zero-order valence-electron chi connectivity index (χ0n) is 12.0. The van der Waals surface area contributed by atoms with Gasteiger partial charge < -0.3 is 5.73 Å². The van der Waals surface area contributed by atoms with Crippen LogP contribution in [0.2, 0.25) is 0 Å². The summed E-state index contributed by atoms with van der Waals surface area (Å²) in [6, 6.07) is 6.09. The van der Waals surface area contributed by atoms with E-state index in [0.29, 0.717) is 5.56 Å². The quantitative estimate of drug-likeness (QED) is 0.838. The van der Waals surface area contributed by atoms with Gasteiger partial charge in [0.2, 0.25) is 10.0 Å². The van der Waals surface area contributed by atoms with Crippen LogP contribution in [0.1, 0.15) is 31.9 Å². The van der Waals surface area contributed by atoms with Crippen LogP contribution in [0, 0.1) is 0 Å². The predicted molar refractivity (Wildman–Crippen MR) is 81.0 cm³/mol. The molecule has 1 saturated heterocycles. The standard InChI is InChI=1S/C13H20N2O4S2/c1-10(14)11-4-3-5-12(8-11)21(18,19)15-13(2)6-7-20(16,17)9-13/h3-5,8,10,15H,6-7,9,14H2,1-2H3. The molecule has 1 aromatic rings. The Labute approximate surface area is 125 Å². The minimum absolute atomic E-state index is 0.00585. The van der Waals surface area contributed by atoms with E-state index in [1.54, 1.807) is 26.0 Å². The van der Waals surface area contributed by atoms with Crippen LogP contribution in [0.5, 0.6) is 0 Å². The molecule has 0 radical (unpaired) electrons. The molecule has 8 heteroatoms. The molecule has 3 N–H and O–H groups in total. The average molecular weight is 332 g/mol. The van der Waals surface area contributed by atoms with Crippen molar-refractivity contribution in [3.8, 4) is 0 Å². The zero-order chi connectivity index (χ0) is 15.9. The molecule has 0 aromatic heterocycles. The van der Waals surface area contributed by atoms with E-state index >= 15 is 0 Å². The van der Waals surface area contributed by atoms with Crippen molar-refractivity contribution in [2.24, 2.45) is 5.73 Å². The summed E-state index contributed by atoms with van der Waals surface area (Å²) in [5.41, 5.74) is 5.51. The zero-order valence-corrected chi connectivity index (χ0v) is 13.7. The molecule has 0 spiro atoms. The first-order valence-electron chi connectivity index (χ1n) is 6.63. The van der Waals surface area contributed by atoms with E-state index in [9.17, 15) is 16.8 Å². The summed E-state index contributed by atoms with van der Waals surface area (Å²) in [6.45, 7) is 3.38. The Balaban J connectivity index is 2.29. The van der Waals surface area contributed by atoms with Crippen LogP contribution in [-0.2, 0) is 19.9 Å². The van der Waals surface area contributed by atoms with Gasteiger partial charge in [0.15, 0.2) is 9.84 Å². The molecule has 2 atom stereocenters. The number of benzene rings is 1. The summed E-state index contributed by atoms with van der Waals surface area (Å²) in [4.78, 5) is 0.0998. The Kier molecular flexibility index (Phi) is 4.18. The summed E-state index contributed by atoms with van der Waals surface area (Å²) < 4.78 is 50.5. The van der Waals surface area contributed by atoms with Gasteiger partial charge in [-0.15, -0.1) is 0 Å². The maximum atomic E-state index is 12.4. The van der Waals surface area contributed by atoms with Crippen molar-refractivity contribution in [3.05, 3.63) is 29.8 Å². The van der Waals surface area contributed by atoms with Crippen LogP contribution in [-0.4, -0.2) is 33.9 Å². The molecule has 1 heterocycles. The fourth-order valence-corrected chi connectivity index (χ4v) is 6.11. The van der Waals surface area contributed by atoms with E-state index < -0.39 is 25.4 Å². The maximum Gasteiger partial charge on any atom is 0.241 e. The lowest BCUT2D eigenvalue weighted by atomic mass is 10.0. The van der Waals surface area contributed by atoms with Gasteiger partial charge in [0.05, 0.1) is 16.4 Å². The second kappa shape index (κ2) is 5.35. The van der Waals surface area contributed by atoms with Gasteiger partial charge in [-0.3, -0.25) is 0 Å². The fraction of sp³-hybridized carbons (Fsp3) is 0.538. The molecule has 0 aliphatic carbocycles. The van der Waals surface area contributed by atoms with Crippen molar-refractivity contribution in [2.75, 3.05) is 11.5 Å². The van der Waals surface area contributed by atoms with Crippen molar-refractivity contribution in [1.29, 1.82) is 0 Å². The van der Waals surface area contributed by atoms with Crippen LogP contribution in [0.3, 0.4) is 0 Å². The van der Waals surface area contributed by atoms with E-state index in [0.717, 1.165) is 0 Å². The summed E-state index contributed by atoms with van der Waals surface area (Å²) in [5.74, 6) is -0.169. The van der Waals surface area contributed by atoms with Gasteiger partial charge in [0.1, 0.15) is 0 Å². The third kappa shape index (κ3) is 3.82. The minimum atomic E-state index is -3.78. The maximum absolute atomic E-state index is 12.4. The van der Waals surface area contributed by atoms with Crippen molar-refractivity contribution >= 4 is 19.9 Å². The molecular formula is C13H20N2O4S2. The smallest absolute Gasteiger partial charge is 0.241 e. The van der Waals surface area contributed by atoms with Crippen molar-refractivity contribution < 1.29 is 16.8 Å². The van der Waals surface area contributed by atoms with Crippen molar-refractivity contribution in [3.63, 3.8) is 0 Å². The monoisotopic (exact) mass is 332 g/mol. The molecule has 21 heavy (non-hydrogen) atoms. The molecule has 1 aromatic carbocycles. The Morgan fingerprint density at radius 2 is 2.05 bits per heavy atom. The van der Waals surface area contributed by atoms with Gasteiger partial charge in [-0.25, -0.2) is 21.6 Å². The van der Waals surface area contributed by atoms with Crippen LogP contribution in [0.4, 0.5) is 0 Å². The largest absolute Gasteiger partial charge is 0.324 e. The highest BCUT2D eigenvalue weighted by molar-refractivity contribution is 7.92. The summed E-state index contributed by atoms with van der Waals surface area (Å²) in [7, 11) is -6.96. The van der Waals surface area contributed by atoms with Crippen LogP contribution in [0.15, 0.2) is 29.2 Å². The fourth-order valence-electron chi connectivity index (χ4n) is 2.44. The number of sulfone groups is 1. The van der Waals surface area contributed by atoms with E-state index in [2.05, 4.69) is 4.72 Å². The second-order valence-electron chi connectivity index (χ2n) is 5.87. The highest BCUT2D eigenvalue weighted by atomic mass is 32.2. The molecule has 0 bridgehead atoms. The van der Waals surface area contributed by atoms with Gasteiger partial charge in [-0.1, -0.05) is 12.1 Å². The topological polar surface area (TPSA) is 106 Å². The molecule has 1 fully saturated rings. The first kappa shape index (κ1) is 16.4. The third-order valence-corrected chi connectivity index (χ3v) is 7.12. The lowest BCUT2D eigenvalue weighted by Crippen LogP contribution is -2.46. The summed E-state index contributed by atoms with van der Waals surface area (Å²) in [5, 5.41) is 0. The number of hydrogen-bond acceptors (Lipinski definition) is 5. The van der Waals surface area contributed by atoms with E-state index in [-0.39, 0.29) is 28.9 Å². The Bertz CT molecular complexity index is 741. The number of hydrogen-bond donors (Lipinski definition) is 2. The number of rotatable bonds is 4. The molecule has 118 valence electrons. The number of nitrogens with one attached hydrogen (secondary N) is 1. The van der Waals surface area contributed by atoms with Crippen LogP contribution >= 0.6 is 0 Å². The molecular weight excluding hydrogens is 312 g/mol. The first-order chi connectivity index (χ1) is 9.53. The molecule has 1 aliphatic rings. The Morgan fingerprint density at radius 1 is 1.38 bits per heavy atom. The van der Waals surface area contributed by atoms with Crippen molar-refractivity contribution in [1.82, 2.24) is 4.72 Å². The first-order valence-corrected chi connectivity index (χ1v) is 9.93. The van der Waals surface area contributed by atoms with Gasteiger partial charge in [0, 0.05) is 11.6 Å². The lowest BCUT2D eigenvalue weighted by Gasteiger charge is -2.23. The minimum Gasteiger partial charge on any atom is -0.324 e. The normalized spacial score (nSPS) is 26.6. The van der Waals surface area contributed by atoms with Crippen molar-refractivity contribution in [2.45, 2.75) is 36.7 Å². The van der Waals surface area contributed by atoms with Crippen LogP contribution < -0.4 is 10.5 Å². The number of sulfonamides is 1. The highest BCUT2D eigenvalue weighted by Gasteiger charge is 2.41. The highest BCUT2D eigenvalue weighted by Crippen LogP contribution is 2.26. The predicted octanol–water partition coefficient (Wildman–Crippen LogP) is 0.562. The van der Waals surface area contributed by atoms with Gasteiger partial charge in [0.25, 0.3) is 0 Å². The van der Waals surface area contributed by atoms with Gasteiger partial charge in [-0.05, 0) is 38.0 Å². The lowest BCUT2D eigenvalue weighted by molar-refractivity contribution is 0.461. The summed E-state index contributed by atoms with van der Waals surface area (Å²) in [6.07, 6.45) is 0.279. The molecule has 6 nitrogen and oxygen atoms in total. The summed E-state index contributed by atoms with van der Waals surface area (Å²) >= 11 is 0. The average Bonchev–Trinajstić information content (AvgIpc) is 2.62. The van der Waals surface area contributed by atoms with E-state index in [1.807, 2.05) is 0 Å². The van der Waals surface area contributed by atoms with Crippen LogP contribution in [0.25, 0.3) is 0 Å². The molecule has 2 unspecified atom stereocenters. The molecule has 0 saturated carbocycles. The number of nitrogens with two attached hydrogens (primary N) is 1. The Morgan fingerprint density at radius 3 is 2.57 bits per heavy atom. The third-order valence-electron chi connectivity index (χ3n) is 3.58. The second-order valence-corrected chi connectivity index (χ2v) is 9.74. The van der Waals surface area contributed by atoms with E-state index in [4.69, 9.17) is 5.73 Å². The molecule has 0 amide bonds. The Hall–Kier alpha value is -0.960. The van der Waals surface area contributed by atoms with Gasteiger partial charge >= 0.3 is 0 Å². The molecule has 1 aliphatic heterocycles. The SMILES string of the molecule is CC(N)c1cccc(S(=O)(=O)NC2(C)CCS(=O)(=O)C2)c1. The van der Waals surface area contributed by atoms with Gasteiger partial charge in [-0.2, -0.15) is 0 Å². The molecule has 2 rings (SSSR count).